The van der Waals surface area contributed by atoms with Crippen LogP contribution in [-0.4, -0.2) is 29.9 Å². The second-order valence-corrected chi connectivity index (χ2v) is 5.09. The topological polar surface area (TPSA) is 46.6 Å². The van der Waals surface area contributed by atoms with Gasteiger partial charge in [-0.15, -0.1) is 0 Å². The highest BCUT2D eigenvalue weighted by Crippen LogP contribution is 2.35. The van der Waals surface area contributed by atoms with Crippen LogP contribution in [0.1, 0.15) is 37.8 Å². The number of halogens is 3. The fourth-order valence-corrected chi connectivity index (χ4v) is 2.87. The van der Waals surface area contributed by atoms with Crippen molar-refractivity contribution in [2.75, 3.05) is 7.11 Å². The summed E-state index contributed by atoms with van der Waals surface area (Å²) >= 11 is 0. The Hall–Kier alpha value is -2.05. The Morgan fingerprint density at radius 1 is 1.36 bits per heavy atom. The summed E-state index contributed by atoms with van der Waals surface area (Å²) in [5, 5.41) is 0. The molecule has 7 heteroatoms. The van der Waals surface area contributed by atoms with Crippen molar-refractivity contribution in [1.82, 2.24) is 4.90 Å². The standard InChI is InChI=1S/C15H16F3NO3/c1-3-11(14-9(17)6-8(16)7-10(14)18)19-12(15(21)22-2)4-5-13(19)20/h6-7,11-12H,3-5H2,1-2H3. The van der Waals surface area contributed by atoms with E-state index in [9.17, 15) is 22.8 Å². The maximum atomic E-state index is 14.0. The van der Waals surface area contributed by atoms with Gasteiger partial charge in [-0.1, -0.05) is 6.92 Å². The van der Waals surface area contributed by atoms with E-state index in [1.807, 2.05) is 0 Å². The molecular formula is C15H16F3NO3. The Kier molecular flexibility index (Phi) is 4.73. The highest BCUT2D eigenvalue weighted by atomic mass is 19.1. The first-order valence-electron chi connectivity index (χ1n) is 6.94. The Morgan fingerprint density at radius 2 is 1.95 bits per heavy atom. The Bertz CT molecular complexity index is 583. The van der Waals surface area contributed by atoms with E-state index in [0.29, 0.717) is 12.1 Å². The van der Waals surface area contributed by atoms with Crippen molar-refractivity contribution >= 4 is 11.9 Å². The predicted molar refractivity (Wildman–Crippen MR) is 71.2 cm³/mol. The first kappa shape index (κ1) is 16.3. The van der Waals surface area contributed by atoms with Gasteiger partial charge in [0.2, 0.25) is 5.91 Å². The van der Waals surface area contributed by atoms with Crippen LogP contribution in [0.3, 0.4) is 0 Å². The maximum Gasteiger partial charge on any atom is 0.328 e. The van der Waals surface area contributed by atoms with Crippen molar-refractivity contribution in [2.24, 2.45) is 0 Å². The quantitative estimate of drug-likeness (QED) is 0.803. The van der Waals surface area contributed by atoms with Crippen LogP contribution in [-0.2, 0) is 14.3 Å². The minimum Gasteiger partial charge on any atom is -0.467 e. The summed E-state index contributed by atoms with van der Waals surface area (Å²) in [6.07, 6.45) is 0.506. The number of nitrogens with zero attached hydrogens (tertiary/aromatic N) is 1. The van der Waals surface area contributed by atoms with Crippen LogP contribution in [0.25, 0.3) is 0 Å². The van der Waals surface area contributed by atoms with Gasteiger partial charge in [0, 0.05) is 24.1 Å². The third-order valence-corrected chi connectivity index (χ3v) is 3.83. The second kappa shape index (κ2) is 6.37. The molecule has 22 heavy (non-hydrogen) atoms. The average Bonchev–Trinajstić information content (AvgIpc) is 2.83. The van der Waals surface area contributed by atoms with Gasteiger partial charge in [0.15, 0.2) is 0 Å². The Labute approximate surface area is 125 Å². The zero-order valence-electron chi connectivity index (χ0n) is 12.2. The van der Waals surface area contributed by atoms with Crippen LogP contribution < -0.4 is 0 Å². The van der Waals surface area contributed by atoms with Crippen LogP contribution in [0.15, 0.2) is 12.1 Å². The molecule has 1 heterocycles. The number of ether oxygens (including phenoxy) is 1. The molecule has 0 aromatic heterocycles. The van der Waals surface area contributed by atoms with Crippen molar-refractivity contribution in [1.29, 1.82) is 0 Å². The summed E-state index contributed by atoms with van der Waals surface area (Å²) in [5.74, 6) is -4.20. The summed E-state index contributed by atoms with van der Waals surface area (Å²) in [4.78, 5) is 25.0. The highest BCUT2D eigenvalue weighted by molar-refractivity contribution is 5.88. The number of carbonyl (C=O) groups excluding carboxylic acids is 2. The van der Waals surface area contributed by atoms with E-state index in [-0.39, 0.29) is 25.2 Å². The van der Waals surface area contributed by atoms with Gasteiger partial charge in [0.25, 0.3) is 0 Å². The van der Waals surface area contributed by atoms with Crippen molar-refractivity contribution in [3.63, 3.8) is 0 Å². The fourth-order valence-electron chi connectivity index (χ4n) is 2.87. The molecule has 0 saturated carbocycles. The number of rotatable bonds is 4. The summed E-state index contributed by atoms with van der Waals surface area (Å²) in [6.45, 7) is 1.63. The van der Waals surface area contributed by atoms with Gasteiger partial charge in [-0.3, -0.25) is 4.79 Å². The summed E-state index contributed by atoms with van der Waals surface area (Å²) in [7, 11) is 1.18. The molecule has 120 valence electrons. The number of benzene rings is 1. The van der Waals surface area contributed by atoms with Crippen molar-refractivity contribution in [3.8, 4) is 0 Å². The van der Waals surface area contributed by atoms with Gasteiger partial charge in [-0.2, -0.15) is 0 Å². The molecule has 1 saturated heterocycles. The van der Waals surface area contributed by atoms with Crippen LogP contribution in [0, 0.1) is 17.5 Å². The normalized spacial score (nSPS) is 19.4. The van der Waals surface area contributed by atoms with Gasteiger partial charge >= 0.3 is 5.97 Å². The second-order valence-electron chi connectivity index (χ2n) is 5.09. The monoisotopic (exact) mass is 315 g/mol. The molecule has 1 aliphatic heterocycles. The van der Waals surface area contributed by atoms with Gasteiger partial charge in [0.1, 0.15) is 23.5 Å². The fraction of sp³-hybridized carbons (Fsp3) is 0.467. The molecule has 2 unspecified atom stereocenters. The first-order valence-corrected chi connectivity index (χ1v) is 6.94. The molecule has 1 aromatic carbocycles. The molecule has 0 N–H and O–H groups in total. The highest BCUT2D eigenvalue weighted by Gasteiger charge is 2.42. The lowest BCUT2D eigenvalue weighted by molar-refractivity contribution is -0.151. The van der Waals surface area contributed by atoms with Crippen molar-refractivity contribution in [3.05, 3.63) is 35.1 Å². The van der Waals surface area contributed by atoms with Crippen molar-refractivity contribution in [2.45, 2.75) is 38.3 Å². The molecule has 0 radical (unpaired) electrons. The van der Waals surface area contributed by atoms with Gasteiger partial charge in [-0.25, -0.2) is 18.0 Å². The van der Waals surface area contributed by atoms with Crippen molar-refractivity contribution < 1.29 is 27.5 Å². The molecule has 1 aliphatic rings. The molecular weight excluding hydrogens is 299 g/mol. The molecule has 1 fully saturated rings. The van der Waals surface area contributed by atoms with Gasteiger partial charge in [0.05, 0.1) is 13.2 Å². The molecule has 4 nitrogen and oxygen atoms in total. The van der Waals surface area contributed by atoms with Crippen LogP contribution in [0.4, 0.5) is 13.2 Å². The molecule has 0 aliphatic carbocycles. The van der Waals surface area contributed by atoms with Crippen LogP contribution >= 0.6 is 0 Å². The Balaban J connectivity index is 2.47. The minimum absolute atomic E-state index is 0.0979. The number of hydrogen-bond acceptors (Lipinski definition) is 3. The number of amides is 1. The lowest BCUT2D eigenvalue weighted by Crippen LogP contribution is -2.42. The summed E-state index contributed by atoms with van der Waals surface area (Å²) in [5.41, 5.74) is -0.409. The third-order valence-electron chi connectivity index (χ3n) is 3.83. The molecule has 0 spiro atoms. The van der Waals surface area contributed by atoms with E-state index >= 15 is 0 Å². The third kappa shape index (κ3) is 2.80. The molecule has 1 aromatic rings. The van der Waals surface area contributed by atoms with E-state index in [0.717, 1.165) is 4.90 Å². The van der Waals surface area contributed by atoms with Crippen LogP contribution in [0.5, 0.6) is 0 Å². The molecule has 2 rings (SSSR count). The number of esters is 1. The number of likely N-dealkylation sites (tertiary alicyclic amines) is 1. The predicted octanol–water partition coefficient (Wildman–Crippen LogP) is 2.72. The number of carbonyl (C=O) groups is 2. The number of hydrogen-bond donors (Lipinski definition) is 0. The summed E-state index contributed by atoms with van der Waals surface area (Å²) < 4.78 is 45.7. The van der Waals surface area contributed by atoms with E-state index < -0.39 is 41.1 Å². The molecule has 1 amide bonds. The van der Waals surface area contributed by atoms with Gasteiger partial charge in [-0.05, 0) is 12.8 Å². The first-order chi connectivity index (χ1) is 10.4. The largest absolute Gasteiger partial charge is 0.467 e. The van der Waals surface area contributed by atoms with Crippen LogP contribution in [0.2, 0.25) is 0 Å². The molecule has 0 bridgehead atoms. The van der Waals surface area contributed by atoms with E-state index in [1.54, 1.807) is 6.92 Å². The smallest absolute Gasteiger partial charge is 0.328 e. The lowest BCUT2D eigenvalue weighted by atomic mass is 10.00. The summed E-state index contributed by atoms with van der Waals surface area (Å²) in [6, 6.07) is -0.741. The van der Waals surface area contributed by atoms with Gasteiger partial charge < -0.3 is 9.64 Å². The SMILES string of the molecule is CCC(c1c(F)cc(F)cc1F)N1C(=O)CCC1C(=O)OC. The molecule has 2 atom stereocenters. The average molecular weight is 315 g/mol. The Morgan fingerprint density at radius 3 is 2.45 bits per heavy atom. The number of methoxy groups -OCH3 is 1. The zero-order valence-corrected chi connectivity index (χ0v) is 12.2. The van der Waals surface area contributed by atoms with E-state index in [2.05, 4.69) is 4.74 Å². The zero-order chi connectivity index (χ0) is 16.4. The minimum atomic E-state index is -1.08. The lowest BCUT2D eigenvalue weighted by Gasteiger charge is -2.32. The maximum absolute atomic E-state index is 14.0. The van der Waals surface area contributed by atoms with E-state index in [1.165, 1.54) is 7.11 Å². The van der Waals surface area contributed by atoms with E-state index in [4.69, 9.17) is 0 Å².